The summed E-state index contributed by atoms with van der Waals surface area (Å²) in [6.07, 6.45) is 0. The Morgan fingerprint density at radius 2 is 1.93 bits per heavy atom. The number of carbonyl (C=O) groups excluding carboxylic acids is 1. The first-order chi connectivity index (χ1) is 13.1. The average molecular weight is 362 g/mol. The number of aromatic nitrogens is 3. The Labute approximate surface area is 154 Å². The van der Waals surface area contributed by atoms with Gasteiger partial charge < -0.3 is 20.5 Å². The molecule has 3 aromatic rings. The van der Waals surface area contributed by atoms with E-state index in [1.54, 1.807) is 42.5 Å². The molecule has 0 radical (unpaired) electrons. The maximum Gasteiger partial charge on any atom is 0.337 e. The van der Waals surface area contributed by atoms with Crippen LogP contribution in [0.3, 0.4) is 0 Å². The van der Waals surface area contributed by atoms with Crippen LogP contribution in [0.2, 0.25) is 0 Å². The molecule has 1 heterocycles. The van der Waals surface area contributed by atoms with Gasteiger partial charge in [0.25, 0.3) is 0 Å². The predicted octanol–water partition coefficient (Wildman–Crippen LogP) is 2.65. The molecule has 9 nitrogen and oxygen atoms in total. The monoisotopic (exact) mass is 362 g/mol. The van der Waals surface area contributed by atoms with Gasteiger partial charge in [-0.2, -0.15) is 20.2 Å². The standard InChI is InChI=1S/C18H14N6O3/c1-26-15(25)12-3-2-4-14(9-12)27-18-23-16(20)22-17(24-18)21-13-7-5-11(10-19)6-8-13/h2-9H,1H3,(H3,20,21,22,23,24). The summed E-state index contributed by atoms with van der Waals surface area (Å²) >= 11 is 0. The zero-order chi connectivity index (χ0) is 19.2. The fraction of sp³-hybridized carbons (Fsp3) is 0.0556. The summed E-state index contributed by atoms with van der Waals surface area (Å²) in [6.45, 7) is 0. The molecule has 1 aromatic heterocycles. The van der Waals surface area contributed by atoms with Crippen LogP contribution in [0, 0.1) is 11.3 Å². The van der Waals surface area contributed by atoms with Gasteiger partial charge in [-0.25, -0.2) is 4.79 Å². The van der Waals surface area contributed by atoms with Crippen molar-refractivity contribution in [1.29, 1.82) is 5.26 Å². The van der Waals surface area contributed by atoms with E-state index in [0.29, 0.717) is 22.6 Å². The number of hydrogen-bond acceptors (Lipinski definition) is 9. The summed E-state index contributed by atoms with van der Waals surface area (Å²) < 4.78 is 10.3. The van der Waals surface area contributed by atoms with Crippen LogP contribution in [0.5, 0.6) is 11.8 Å². The van der Waals surface area contributed by atoms with Crippen molar-refractivity contribution in [2.24, 2.45) is 0 Å². The zero-order valence-corrected chi connectivity index (χ0v) is 14.2. The lowest BCUT2D eigenvalue weighted by Crippen LogP contribution is -2.05. The number of rotatable bonds is 5. The number of anilines is 3. The van der Waals surface area contributed by atoms with Crippen LogP contribution in [-0.4, -0.2) is 28.0 Å². The molecular weight excluding hydrogens is 348 g/mol. The van der Waals surface area contributed by atoms with Gasteiger partial charge in [0.15, 0.2) is 0 Å². The molecule has 0 aliphatic heterocycles. The van der Waals surface area contributed by atoms with Crippen molar-refractivity contribution in [3.8, 4) is 17.8 Å². The van der Waals surface area contributed by atoms with E-state index < -0.39 is 5.97 Å². The maximum atomic E-state index is 11.6. The van der Waals surface area contributed by atoms with E-state index in [-0.39, 0.29) is 17.9 Å². The summed E-state index contributed by atoms with van der Waals surface area (Å²) in [7, 11) is 1.30. The van der Waals surface area contributed by atoms with Gasteiger partial charge in [0.1, 0.15) is 5.75 Å². The lowest BCUT2D eigenvalue weighted by Gasteiger charge is -2.09. The first kappa shape index (κ1) is 17.6. The van der Waals surface area contributed by atoms with Gasteiger partial charge in [-0.05, 0) is 42.5 Å². The maximum absolute atomic E-state index is 11.6. The number of carbonyl (C=O) groups is 1. The van der Waals surface area contributed by atoms with E-state index in [9.17, 15) is 4.79 Å². The van der Waals surface area contributed by atoms with Crippen molar-refractivity contribution in [2.75, 3.05) is 18.2 Å². The number of nitrogens with two attached hydrogens (primary N) is 1. The minimum atomic E-state index is -0.487. The van der Waals surface area contributed by atoms with Crippen LogP contribution >= 0.6 is 0 Å². The SMILES string of the molecule is COC(=O)c1cccc(Oc2nc(N)nc(Nc3ccc(C#N)cc3)n2)c1. The van der Waals surface area contributed by atoms with Gasteiger partial charge in [-0.15, -0.1) is 0 Å². The van der Waals surface area contributed by atoms with Crippen LogP contribution in [0.15, 0.2) is 48.5 Å². The fourth-order valence-corrected chi connectivity index (χ4v) is 2.14. The van der Waals surface area contributed by atoms with Crippen molar-refractivity contribution in [3.05, 3.63) is 59.7 Å². The van der Waals surface area contributed by atoms with Crippen molar-refractivity contribution in [1.82, 2.24) is 15.0 Å². The Kier molecular flexibility index (Phi) is 5.09. The second kappa shape index (κ2) is 7.79. The first-order valence-electron chi connectivity index (χ1n) is 7.72. The van der Waals surface area contributed by atoms with E-state index in [0.717, 1.165) is 0 Å². The Morgan fingerprint density at radius 1 is 1.15 bits per heavy atom. The third-order valence-electron chi connectivity index (χ3n) is 3.37. The number of methoxy groups -OCH3 is 1. The van der Waals surface area contributed by atoms with E-state index in [1.807, 2.05) is 6.07 Å². The molecule has 0 aliphatic carbocycles. The lowest BCUT2D eigenvalue weighted by atomic mass is 10.2. The second-order valence-electron chi connectivity index (χ2n) is 5.24. The molecule has 0 bridgehead atoms. The van der Waals surface area contributed by atoms with Crippen LogP contribution in [-0.2, 0) is 4.74 Å². The predicted molar refractivity (Wildman–Crippen MR) is 96.5 cm³/mol. The number of nitrogen functional groups attached to an aromatic ring is 1. The van der Waals surface area contributed by atoms with Gasteiger partial charge in [-0.1, -0.05) is 6.07 Å². The molecule has 0 fully saturated rings. The number of nitriles is 1. The highest BCUT2D eigenvalue weighted by Crippen LogP contribution is 2.22. The molecule has 134 valence electrons. The highest BCUT2D eigenvalue weighted by atomic mass is 16.5. The molecular formula is C18H14N6O3. The molecule has 0 saturated heterocycles. The summed E-state index contributed by atoms with van der Waals surface area (Å²) in [4.78, 5) is 23.7. The quantitative estimate of drug-likeness (QED) is 0.656. The molecule has 0 aliphatic rings. The van der Waals surface area contributed by atoms with Crippen LogP contribution in [0.4, 0.5) is 17.6 Å². The Hall–Kier alpha value is -4.19. The van der Waals surface area contributed by atoms with Crippen LogP contribution in [0.25, 0.3) is 0 Å². The van der Waals surface area contributed by atoms with E-state index in [1.165, 1.54) is 13.2 Å². The van der Waals surface area contributed by atoms with Gasteiger partial charge in [0.2, 0.25) is 11.9 Å². The summed E-state index contributed by atoms with van der Waals surface area (Å²) in [5, 5.41) is 11.8. The lowest BCUT2D eigenvalue weighted by molar-refractivity contribution is 0.0600. The Bertz CT molecular complexity index is 1010. The number of ether oxygens (including phenoxy) is 2. The van der Waals surface area contributed by atoms with Crippen molar-refractivity contribution in [3.63, 3.8) is 0 Å². The van der Waals surface area contributed by atoms with Gasteiger partial charge >= 0.3 is 12.0 Å². The van der Waals surface area contributed by atoms with Gasteiger partial charge in [0.05, 0.1) is 24.3 Å². The average Bonchev–Trinajstić information content (AvgIpc) is 2.67. The fourth-order valence-electron chi connectivity index (χ4n) is 2.14. The molecule has 3 N–H and O–H groups in total. The minimum absolute atomic E-state index is 0.0411. The van der Waals surface area contributed by atoms with Crippen molar-refractivity contribution >= 4 is 23.6 Å². The zero-order valence-electron chi connectivity index (χ0n) is 14.2. The summed E-state index contributed by atoms with van der Waals surface area (Å²) in [6, 6.07) is 15.1. The highest BCUT2D eigenvalue weighted by molar-refractivity contribution is 5.89. The number of hydrogen-bond donors (Lipinski definition) is 2. The van der Waals surface area contributed by atoms with E-state index in [4.69, 9.17) is 15.7 Å². The molecule has 0 amide bonds. The number of esters is 1. The van der Waals surface area contributed by atoms with Crippen molar-refractivity contribution in [2.45, 2.75) is 0 Å². The molecule has 0 atom stereocenters. The van der Waals surface area contributed by atoms with Gasteiger partial charge in [-0.3, -0.25) is 0 Å². The molecule has 0 spiro atoms. The molecule has 3 rings (SSSR count). The first-order valence-corrected chi connectivity index (χ1v) is 7.72. The third kappa shape index (κ3) is 4.46. The molecule has 9 heteroatoms. The van der Waals surface area contributed by atoms with Crippen LogP contribution < -0.4 is 15.8 Å². The second-order valence-corrected chi connectivity index (χ2v) is 5.24. The number of nitrogens with one attached hydrogen (secondary N) is 1. The highest BCUT2D eigenvalue weighted by Gasteiger charge is 2.10. The Morgan fingerprint density at radius 3 is 2.63 bits per heavy atom. The third-order valence-corrected chi connectivity index (χ3v) is 3.37. The van der Waals surface area contributed by atoms with E-state index >= 15 is 0 Å². The molecule has 2 aromatic carbocycles. The number of benzene rings is 2. The number of nitrogens with zero attached hydrogens (tertiary/aromatic N) is 4. The topological polar surface area (TPSA) is 136 Å². The molecule has 0 unspecified atom stereocenters. The molecule has 27 heavy (non-hydrogen) atoms. The largest absolute Gasteiger partial charge is 0.465 e. The molecule has 0 saturated carbocycles. The van der Waals surface area contributed by atoms with Gasteiger partial charge in [0, 0.05) is 5.69 Å². The Balaban J connectivity index is 1.81. The minimum Gasteiger partial charge on any atom is -0.465 e. The summed E-state index contributed by atoms with van der Waals surface area (Å²) in [5.41, 5.74) is 7.24. The van der Waals surface area contributed by atoms with E-state index in [2.05, 4.69) is 25.0 Å². The summed E-state index contributed by atoms with van der Waals surface area (Å²) in [5.74, 6) is -0.0156. The van der Waals surface area contributed by atoms with Crippen molar-refractivity contribution < 1.29 is 14.3 Å². The van der Waals surface area contributed by atoms with Crippen LogP contribution in [0.1, 0.15) is 15.9 Å². The normalized spacial score (nSPS) is 9.93. The smallest absolute Gasteiger partial charge is 0.337 e.